The zero-order chi connectivity index (χ0) is 15.7. The second-order valence-electron chi connectivity index (χ2n) is 6.80. The van der Waals surface area contributed by atoms with Gasteiger partial charge in [0.1, 0.15) is 0 Å². The molecule has 1 aromatic heterocycles. The summed E-state index contributed by atoms with van der Waals surface area (Å²) in [5, 5.41) is 3.90. The zero-order valence-corrected chi connectivity index (χ0v) is 14.2. The molecule has 5 nitrogen and oxygen atoms in total. The Balaban J connectivity index is 1.33. The van der Waals surface area contributed by atoms with Crippen LogP contribution in [0.3, 0.4) is 0 Å². The second-order valence-corrected chi connectivity index (χ2v) is 7.58. The summed E-state index contributed by atoms with van der Waals surface area (Å²) in [6.45, 7) is 6.17. The van der Waals surface area contributed by atoms with E-state index in [1.165, 1.54) is 0 Å². The van der Waals surface area contributed by atoms with E-state index in [1.54, 1.807) is 11.3 Å². The molecular formula is C17H24N2O3S. The maximum absolute atomic E-state index is 12.4. The number of hydrogen-bond donors (Lipinski definition) is 0. The summed E-state index contributed by atoms with van der Waals surface area (Å²) in [5.74, 6) is 0.170. The zero-order valence-electron chi connectivity index (χ0n) is 13.4. The van der Waals surface area contributed by atoms with E-state index in [1.807, 2.05) is 21.7 Å². The molecule has 0 saturated carbocycles. The Labute approximate surface area is 141 Å². The average molecular weight is 336 g/mol. The molecule has 23 heavy (non-hydrogen) atoms. The highest BCUT2D eigenvalue weighted by Gasteiger charge is 2.45. The lowest BCUT2D eigenvalue weighted by Crippen LogP contribution is -2.48. The Morgan fingerprint density at radius 2 is 2.00 bits per heavy atom. The van der Waals surface area contributed by atoms with Gasteiger partial charge in [-0.05, 0) is 30.7 Å². The Morgan fingerprint density at radius 3 is 2.70 bits per heavy atom. The highest BCUT2D eigenvalue weighted by atomic mass is 32.1. The molecule has 126 valence electrons. The van der Waals surface area contributed by atoms with E-state index in [0.717, 1.165) is 70.8 Å². The third-order valence-electron chi connectivity index (χ3n) is 5.48. The van der Waals surface area contributed by atoms with Gasteiger partial charge in [0, 0.05) is 37.6 Å². The lowest BCUT2D eigenvalue weighted by molar-refractivity contribution is -0.0401. The maximum Gasteiger partial charge on any atom is 0.254 e. The summed E-state index contributed by atoms with van der Waals surface area (Å²) < 4.78 is 11.7. The van der Waals surface area contributed by atoms with Crippen molar-refractivity contribution in [1.82, 2.24) is 9.80 Å². The number of likely N-dealkylation sites (tertiary alicyclic amines) is 1. The van der Waals surface area contributed by atoms with Crippen molar-refractivity contribution in [2.75, 3.05) is 46.0 Å². The highest BCUT2D eigenvalue weighted by molar-refractivity contribution is 7.08. The van der Waals surface area contributed by atoms with Gasteiger partial charge < -0.3 is 14.4 Å². The molecule has 6 heteroatoms. The summed E-state index contributed by atoms with van der Waals surface area (Å²) in [5.41, 5.74) is 0.818. The second kappa shape index (κ2) is 6.51. The minimum atomic E-state index is -0.00556. The standard InChI is InChI=1S/C17H24N2O3S/c20-16(14-1-10-23-13-14)19-4-2-17(3-5-19)11-15(12-22-17)18-6-8-21-9-7-18/h1,10,13,15H,2-9,11-12H2. The molecule has 1 atom stereocenters. The molecule has 1 unspecified atom stereocenters. The van der Waals surface area contributed by atoms with Gasteiger partial charge in [-0.15, -0.1) is 0 Å². The molecule has 3 aliphatic heterocycles. The van der Waals surface area contributed by atoms with Crippen molar-refractivity contribution in [3.63, 3.8) is 0 Å². The molecule has 3 saturated heterocycles. The first kappa shape index (κ1) is 15.6. The maximum atomic E-state index is 12.4. The first-order chi connectivity index (χ1) is 11.3. The number of ether oxygens (including phenoxy) is 2. The molecule has 3 fully saturated rings. The van der Waals surface area contributed by atoms with Crippen LogP contribution in [0.2, 0.25) is 0 Å². The number of rotatable bonds is 2. The molecule has 1 aromatic rings. The van der Waals surface area contributed by atoms with Crippen molar-refractivity contribution in [3.05, 3.63) is 22.4 Å². The van der Waals surface area contributed by atoms with Gasteiger partial charge >= 0.3 is 0 Å². The molecule has 3 aliphatic rings. The summed E-state index contributed by atoms with van der Waals surface area (Å²) in [7, 11) is 0. The fourth-order valence-electron chi connectivity index (χ4n) is 4.03. The van der Waals surface area contributed by atoms with Crippen LogP contribution < -0.4 is 0 Å². The molecule has 0 aliphatic carbocycles. The van der Waals surface area contributed by atoms with Crippen molar-refractivity contribution in [2.45, 2.75) is 30.9 Å². The summed E-state index contributed by atoms with van der Waals surface area (Å²) in [6, 6.07) is 2.44. The monoisotopic (exact) mass is 336 g/mol. The number of morpholine rings is 1. The van der Waals surface area contributed by atoms with Crippen LogP contribution in [0.25, 0.3) is 0 Å². The number of carbonyl (C=O) groups is 1. The van der Waals surface area contributed by atoms with Crippen molar-refractivity contribution in [3.8, 4) is 0 Å². The van der Waals surface area contributed by atoms with Gasteiger partial charge in [-0.25, -0.2) is 0 Å². The fraction of sp³-hybridized carbons (Fsp3) is 0.706. The van der Waals surface area contributed by atoms with Crippen LogP contribution in [-0.2, 0) is 9.47 Å². The van der Waals surface area contributed by atoms with Crippen LogP contribution >= 0.6 is 11.3 Å². The van der Waals surface area contributed by atoms with Gasteiger partial charge in [0.05, 0.1) is 31.0 Å². The molecule has 4 rings (SSSR count). The van der Waals surface area contributed by atoms with Crippen LogP contribution in [0.1, 0.15) is 29.6 Å². The van der Waals surface area contributed by atoms with E-state index >= 15 is 0 Å². The molecule has 0 N–H and O–H groups in total. The number of thiophene rings is 1. The van der Waals surface area contributed by atoms with Crippen LogP contribution in [-0.4, -0.2) is 73.3 Å². The van der Waals surface area contributed by atoms with Gasteiger partial charge in [0.15, 0.2) is 0 Å². The van der Waals surface area contributed by atoms with Gasteiger partial charge in [-0.2, -0.15) is 11.3 Å². The number of amides is 1. The third-order valence-corrected chi connectivity index (χ3v) is 6.16. The van der Waals surface area contributed by atoms with Crippen molar-refractivity contribution in [1.29, 1.82) is 0 Å². The number of nitrogens with zero attached hydrogens (tertiary/aromatic N) is 2. The van der Waals surface area contributed by atoms with E-state index in [9.17, 15) is 4.79 Å². The van der Waals surface area contributed by atoms with Crippen LogP contribution in [0.15, 0.2) is 16.8 Å². The molecule has 0 radical (unpaired) electrons. The summed E-state index contributed by atoms with van der Waals surface area (Å²) >= 11 is 1.58. The first-order valence-corrected chi connectivity index (χ1v) is 9.47. The summed E-state index contributed by atoms with van der Waals surface area (Å²) in [4.78, 5) is 16.9. The Morgan fingerprint density at radius 1 is 1.22 bits per heavy atom. The van der Waals surface area contributed by atoms with Crippen LogP contribution in [0, 0.1) is 0 Å². The molecule has 1 amide bonds. The van der Waals surface area contributed by atoms with Crippen molar-refractivity contribution >= 4 is 17.2 Å². The van der Waals surface area contributed by atoms with E-state index in [4.69, 9.17) is 9.47 Å². The lowest BCUT2D eigenvalue weighted by atomic mass is 9.87. The Kier molecular flexibility index (Phi) is 4.41. The molecule has 1 spiro atoms. The summed E-state index contributed by atoms with van der Waals surface area (Å²) in [6.07, 6.45) is 3.03. The predicted octanol–water partition coefficient (Wildman–Crippen LogP) is 1.84. The topological polar surface area (TPSA) is 42.0 Å². The van der Waals surface area contributed by atoms with E-state index in [-0.39, 0.29) is 11.5 Å². The van der Waals surface area contributed by atoms with Gasteiger partial charge in [-0.3, -0.25) is 9.69 Å². The minimum Gasteiger partial charge on any atom is -0.379 e. The van der Waals surface area contributed by atoms with Crippen molar-refractivity contribution < 1.29 is 14.3 Å². The normalized spacial score (nSPS) is 28.3. The predicted molar refractivity (Wildman–Crippen MR) is 88.9 cm³/mol. The van der Waals surface area contributed by atoms with Crippen LogP contribution in [0.4, 0.5) is 0 Å². The number of hydrogen-bond acceptors (Lipinski definition) is 5. The molecular weight excluding hydrogens is 312 g/mol. The smallest absolute Gasteiger partial charge is 0.254 e. The van der Waals surface area contributed by atoms with E-state index < -0.39 is 0 Å². The fourth-order valence-corrected chi connectivity index (χ4v) is 4.66. The SMILES string of the molecule is O=C(c1ccsc1)N1CCC2(CC1)CC(N1CCOCC1)CO2. The first-order valence-electron chi connectivity index (χ1n) is 8.53. The van der Waals surface area contributed by atoms with Crippen LogP contribution in [0.5, 0.6) is 0 Å². The number of carbonyl (C=O) groups excluding carboxylic acids is 1. The highest BCUT2D eigenvalue weighted by Crippen LogP contribution is 2.38. The third kappa shape index (κ3) is 3.18. The average Bonchev–Trinajstić information content (AvgIpc) is 3.26. The lowest BCUT2D eigenvalue weighted by Gasteiger charge is -2.39. The van der Waals surface area contributed by atoms with E-state index in [0.29, 0.717) is 6.04 Å². The van der Waals surface area contributed by atoms with Crippen molar-refractivity contribution in [2.24, 2.45) is 0 Å². The molecule has 0 bridgehead atoms. The van der Waals surface area contributed by atoms with Gasteiger partial charge in [-0.1, -0.05) is 0 Å². The minimum absolute atomic E-state index is 0.00556. The quantitative estimate of drug-likeness (QED) is 0.826. The van der Waals surface area contributed by atoms with Gasteiger partial charge in [0.25, 0.3) is 5.91 Å². The Hall–Kier alpha value is -0.950. The number of piperidine rings is 1. The van der Waals surface area contributed by atoms with Gasteiger partial charge in [0.2, 0.25) is 0 Å². The largest absolute Gasteiger partial charge is 0.379 e. The molecule has 0 aromatic carbocycles. The van der Waals surface area contributed by atoms with E-state index in [2.05, 4.69) is 4.90 Å². The molecule has 4 heterocycles. The Bertz CT molecular complexity index is 534.